The summed E-state index contributed by atoms with van der Waals surface area (Å²) in [6, 6.07) is 3.63. The molecular formula is C13H16N6O2. The first-order chi connectivity index (χ1) is 10.1. The fourth-order valence-corrected chi connectivity index (χ4v) is 1.95. The minimum atomic E-state index is -0.0971. The molecule has 0 fully saturated rings. The van der Waals surface area contributed by atoms with Crippen LogP contribution in [0.25, 0.3) is 11.0 Å². The number of rotatable bonds is 2. The van der Waals surface area contributed by atoms with E-state index in [1.807, 2.05) is 6.07 Å². The van der Waals surface area contributed by atoms with E-state index in [0.29, 0.717) is 5.75 Å². The van der Waals surface area contributed by atoms with E-state index in [0.717, 1.165) is 16.6 Å². The van der Waals surface area contributed by atoms with Gasteiger partial charge in [-0.15, -0.1) is 0 Å². The summed E-state index contributed by atoms with van der Waals surface area (Å²) in [6.07, 6.45) is 1.51. The van der Waals surface area contributed by atoms with Gasteiger partial charge in [-0.05, 0) is 12.1 Å². The lowest BCUT2D eigenvalue weighted by Crippen LogP contribution is -2.19. The Morgan fingerprint density at radius 2 is 1.81 bits per heavy atom. The molecule has 2 rings (SSSR count). The molecule has 0 spiro atoms. The fraction of sp³-hybridized carbons (Fsp3) is 0.231. The van der Waals surface area contributed by atoms with E-state index >= 15 is 0 Å². The van der Waals surface area contributed by atoms with Crippen LogP contribution in [-0.2, 0) is 14.1 Å². The van der Waals surface area contributed by atoms with E-state index in [1.54, 1.807) is 36.4 Å². The molecule has 110 valence electrons. The summed E-state index contributed by atoms with van der Waals surface area (Å²) in [5, 5.41) is 16.5. The number of imidazole rings is 1. The van der Waals surface area contributed by atoms with Gasteiger partial charge in [0.15, 0.2) is 0 Å². The summed E-state index contributed by atoms with van der Waals surface area (Å²) < 4.78 is 8.40. The maximum Gasteiger partial charge on any atom is 0.328 e. The van der Waals surface area contributed by atoms with Crippen molar-refractivity contribution in [3.8, 4) is 18.9 Å². The Hall–Kier alpha value is -3.26. The van der Waals surface area contributed by atoms with Gasteiger partial charge in [0.1, 0.15) is 11.3 Å². The number of aryl methyl sites for hydroxylation is 2. The number of nitrogens with zero attached hydrogens (tertiary/aromatic N) is 5. The van der Waals surface area contributed by atoms with Crippen LogP contribution in [-0.4, -0.2) is 22.5 Å². The van der Waals surface area contributed by atoms with Crippen molar-refractivity contribution in [3.05, 3.63) is 28.2 Å². The van der Waals surface area contributed by atoms with Crippen LogP contribution in [0.1, 0.15) is 5.56 Å². The lowest BCUT2D eigenvalue weighted by Gasteiger charge is -2.05. The van der Waals surface area contributed by atoms with Gasteiger partial charge in [0.2, 0.25) is 0 Å². The molecule has 2 aromatic rings. The van der Waals surface area contributed by atoms with E-state index < -0.39 is 0 Å². The van der Waals surface area contributed by atoms with E-state index in [1.165, 1.54) is 6.21 Å². The number of benzene rings is 1. The van der Waals surface area contributed by atoms with Gasteiger partial charge < -0.3 is 10.6 Å². The molecule has 8 heteroatoms. The molecule has 0 aliphatic rings. The normalized spacial score (nSPS) is 9.48. The quantitative estimate of drug-likeness (QED) is 0.488. The average Bonchev–Trinajstić information content (AvgIpc) is 2.76. The Morgan fingerprint density at radius 3 is 2.29 bits per heavy atom. The molecule has 8 nitrogen and oxygen atoms in total. The van der Waals surface area contributed by atoms with Crippen molar-refractivity contribution in [1.29, 1.82) is 10.5 Å². The van der Waals surface area contributed by atoms with Gasteiger partial charge >= 0.3 is 5.69 Å². The van der Waals surface area contributed by atoms with E-state index in [9.17, 15) is 4.79 Å². The van der Waals surface area contributed by atoms with Crippen LogP contribution in [0.15, 0.2) is 22.0 Å². The summed E-state index contributed by atoms with van der Waals surface area (Å²) in [5.41, 5.74) is 2.24. The Balaban J connectivity index is 0.000000921. The molecule has 0 radical (unpaired) electrons. The third-order valence-electron chi connectivity index (χ3n) is 2.79. The fourth-order valence-electron chi connectivity index (χ4n) is 1.95. The van der Waals surface area contributed by atoms with Crippen molar-refractivity contribution < 1.29 is 4.74 Å². The predicted molar refractivity (Wildman–Crippen MR) is 79.8 cm³/mol. The zero-order valence-electron chi connectivity index (χ0n) is 12.0. The maximum absolute atomic E-state index is 11.8. The highest BCUT2D eigenvalue weighted by Crippen LogP contribution is 2.25. The van der Waals surface area contributed by atoms with Crippen LogP contribution in [0.5, 0.6) is 5.75 Å². The number of ether oxygens (including phenoxy) is 1. The van der Waals surface area contributed by atoms with Crippen molar-refractivity contribution in [2.75, 3.05) is 7.11 Å². The standard InChI is InChI=1S/C11H14N4O2.2CHN/c1-14-8-4-7(6-13-12)5-9(17-3)10(8)15(2)11(14)16;2*1-2/h4-6H,12H2,1-3H3;2*1H. The monoisotopic (exact) mass is 288 g/mol. The van der Waals surface area contributed by atoms with Crippen molar-refractivity contribution in [2.24, 2.45) is 25.0 Å². The second-order valence-corrected chi connectivity index (χ2v) is 3.77. The summed E-state index contributed by atoms with van der Waals surface area (Å²) in [5.74, 6) is 5.75. The van der Waals surface area contributed by atoms with E-state index in [4.69, 9.17) is 21.1 Å². The molecule has 0 saturated carbocycles. The Labute approximate surface area is 121 Å². The van der Waals surface area contributed by atoms with Gasteiger partial charge in [-0.2, -0.15) is 5.10 Å². The molecule has 21 heavy (non-hydrogen) atoms. The van der Waals surface area contributed by atoms with Gasteiger partial charge in [0, 0.05) is 32.8 Å². The van der Waals surface area contributed by atoms with Gasteiger partial charge in [-0.25, -0.2) is 15.3 Å². The molecule has 0 aliphatic heterocycles. The summed E-state index contributed by atoms with van der Waals surface area (Å²) >= 11 is 0. The SMILES string of the molecule is C#N.C#N.COc1cc(C=NN)cc2c1n(C)c(=O)n2C. The molecule has 0 aliphatic carbocycles. The Morgan fingerprint density at radius 1 is 1.24 bits per heavy atom. The van der Waals surface area contributed by atoms with E-state index in [-0.39, 0.29) is 5.69 Å². The van der Waals surface area contributed by atoms with Crippen LogP contribution < -0.4 is 16.3 Å². The Bertz CT molecular complexity index is 730. The summed E-state index contributed by atoms with van der Waals surface area (Å²) in [7, 11) is 4.99. The van der Waals surface area contributed by atoms with Crippen LogP contribution in [0.4, 0.5) is 0 Å². The summed E-state index contributed by atoms with van der Waals surface area (Å²) in [6.45, 7) is 7.00. The number of nitrogens with two attached hydrogens (primary N) is 1. The number of nitriles is 2. The average molecular weight is 288 g/mol. The second kappa shape index (κ2) is 8.02. The predicted octanol–water partition coefficient (Wildman–Crippen LogP) is 0.458. The number of fused-ring (bicyclic) bond motifs is 1. The highest BCUT2D eigenvalue weighted by molar-refractivity contribution is 5.91. The third-order valence-corrected chi connectivity index (χ3v) is 2.79. The van der Waals surface area contributed by atoms with Crippen LogP contribution in [0.2, 0.25) is 0 Å². The molecule has 1 heterocycles. The lowest BCUT2D eigenvalue weighted by atomic mass is 10.2. The highest BCUT2D eigenvalue weighted by atomic mass is 16.5. The van der Waals surface area contributed by atoms with E-state index in [2.05, 4.69) is 18.2 Å². The Kier molecular flexibility index (Phi) is 6.78. The van der Waals surface area contributed by atoms with Gasteiger partial charge in [-0.1, -0.05) is 0 Å². The third kappa shape index (κ3) is 3.19. The van der Waals surface area contributed by atoms with Gasteiger partial charge in [0.25, 0.3) is 0 Å². The number of aromatic nitrogens is 2. The van der Waals surface area contributed by atoms with Crippen LogP contribution >= 0.6 is 0 Å². The van der Waals surface area contributed by atoms with Crippen molar-refractivity contribution in [1.82, 2.24) is 9.13 Å². The zero-order chi connectivity index (χ0) is 16.6. The smallest absolute Gasteiger partial charge is 0.328 e. The molecule has 0 amide bonds. The van der Waals surface area contributed by atoms with Crippen molar-refractivity contribution in [3.63, 3.8) is 0 Å². The molecule has 0 saturated heterocycles. The molecule has 0 unspecified atom stereocenters. The number of hydrogen-bond acceptors (Lipinski definition) is 6. The number of hydrogen-bond donors (Lipinski definition) is 1. The molecule has 1 aromatic heterocycles. The molecule has 1 aromatic carbocycles. The first-order valence-corrected chi connectivity index (χ1v) is 5.58. The van der Waals surface area contributed by atoms with Gasteiger partial charge in [-0.3, -0.25) is 9.13 Å². The largest absolute Gasteiger partial charge is 0.494 e. The first kappa shape index (κ1) is 17.7. The van der Waals surface area contributed by atoms with Crippen LogP contribution in [0.3, 0.4) is 0 Å². The van der Waals surface area contributed by atoms with Crippen molar-refractivity contribution >= 4 is 17.2 Å². The topological polar surface area (TPSA) is 122 Å². The molecule has 0 bridgehead atoms. The number of hydrazone groups is 1. The van der Waals surface area contributed by atoms with Crippen molar-refractivity contribution in [2.45, 2.75) is 0 Å². The van der Waals surface area contributed by atoms with Gasteiger partial charge in [0.05, 0.1) is 18.8 Å². The lowest BCUT2D eigenvalue weighted by molar-refractivity contribution is 0.417. The zero-order valence-corrected chi connectivity index (χ0v) is 12.0. The van der Waals surface area contributed by atoms with Crippen LogP contribution in [0, 0.1) is 23.7 Å². The molecule has 2 N–H and O–H groups in total. The molecule has 0 atom stereocenters. The summed E-state index contributed by atoms with van der Waals surface area (Å²) in [4.78, 5) is 11.8. The minimum absolute atomic E-state index is 0.0971. The highest BCUT2D eigenvalue weighted by Gasteiger charge is 2.13. The minimum Gasteiger partial charge on any atom is -0.494 e. The molecular weight excluding hydrogens is 272 g/mol. The number of methoxy groups -OCH3 is 1. The maximum atomic E-state index is 11.8. The first-order valence-electron chi connectivity index (χ1n) is 5.58. The second-order valence-electron chi connectivity index (χ2n) is 3.77.